The fourth-order valence-corrected chi connectivity index (χ4v) is 4.79. The maximum absolute atomic E-state index is 12.9. The lowest BCUT2D eigenvalue weighted by Gasteiger charge is -2.38. The number of hydrogen-bond donors (Lipinski definition) is 0. The Hall–Kier alpha value is -2.92. The van der Waals surface area contributed by atoms with Crippen LogP contribution in [0.5, 0.6) is 0 Å². The zero-order valence-electron chi connectivity index (χ0n) is 17.4. The van der Waals surface area contributed by atoms with E-state index in [9.17, 15) is 9.59 Å². The SMILES string of the molecule is C=CCn1cccc1C(=O)CN1CCC(C(C=C)N2Cc3ccccc3C2=O)CC1. The minimum Gasteiger partial charge on any atom is -0.341 e. The van der Waals surface area contributed by atoms with Gasteiger partial charge < -0.3 is 9.47 Å². The number of hydrogen-bond acceptors (Lipinski definition) is 3. The number of piperidine rings is 1. The number of Topliss-reactive ketones (excluding diaryl/α,β-unsaturated/α-hetero) is 1. The van der Waals surface area contributed by atoms with Gasteiger partial charge in [0.05, 0.1) is 18.3 Å². The highest BCUT2D eigenvalue weighted by molar-refractivity contribution is 5.98. The molecule has 156 valence electrons. The maximum Gasteiger partial charge on any atom is 0.255 e. The summed E-state index contributed by atoms with van der Waals surface area (Å²) in [5, 5.41) is 0. The Kier molecular flexibility index (Phi) is 6.00. The van der Waals surface area contributed by atoms with Gasteiger partial charge in [0.25, 0.3) is 5.91 Å². The Labute approximate surface area is 178 Å². The van der Waals surface area contributed by atoms with Crippen molar-refractivity contribution < 1.29 is 9.59 Å². The van der Waals surface area contributed by atoms with Crippen molar-refractivity contribution in [1.82, 2.24) is 14.4 Å². The van der Waals surface area contributed by atoms with Crippen molar-refractivity contribution in [3.63, 3.8) is 0 Å². The number of fused-ring (bicyclic) bond motifs is 1. The molecule has 0 radical (unpaired) electrons. The maximum atomic E-state index is 12.9. The van der Waals surface area contributed by atoms with E-state index in [4.69, 9.17) is 0 Å². The molecule has 1 aromatic heterocycles. The number of allylic oxidation sites excluding steroid dienone is 1. The Bertz CT molecular complexity index is 953. The minimum absolute atomic E-state index is 0.0348. The summed E-state index contributed by atoms with van der Waals surface area (Å²) in [5.41, 5.74) is 2.65. The van der Waals surface area contributed by atoms with Gasteiger partial charge in [-0.1, -0.05) is 30.4 Å². The first-order valence-electron chi connectivity index (χ1n) is 10.7. The fraction of sp³-hybridized carbons (Fsp3) is 0.360. The number of aromatic nitrogens is 1. The average Bonchev–Trinajstić information content (AvgIpc) is 3.35. The van der Waals surface area contributed by atoms with Crippen LogP contribution in [0.15, 0.2) is 67.9 Å². The van der Waals surface area contributed by atoms with Crippen LogP contribution >= 0.6 is 0 Å². The number of nitrogens with zero attached hydrogens (tertiary/aromatic N) is 3. The predicted molar refractivity (Wildman–Crippen MR) is 118 cm³/mol. The quantitative estimate of drug-likeness (QED) is 0.498. The van der Waals surface area contributed by atoms with Crippen LogP contribution in [-0.2, 0) is 13.1 Å². The predicted octanol–water partition coefficient (Wildman–Crippen LogP) is 3.78. The van der Waals surface area contributed by atoms with E-state index < -0.39 is 0 Å². The molecule has 5 heteroatoms. The number of carbonyl (C=O) groups is 2. The highest BCUT2D eigenvalue weighted by atomic mass is 16.2. The molecule has 1 fully saturated rings. The molecule has 2 aromatic rings. The summed E-state index contributed by atoms with van der Waals surface area (Å²) in [7, 11) is 0. The minimum atomic E-state index is 0.0348. The van der Waals surface area contributed by atoms with Gasteiger partial charge in [0.1, 0.15) is 0 Å². The molecule has 0 spiro atoms. The summed E-state index contributed by atoms with van der Waals surface area (Å²) in [4.78, 5) is 29.8. The summed E-state index contributed by atoms with van der Waals surface area (Å²) >= 11 is 0. The molecule has 1 unspecified atom stereocenters. The van der Waals surface area contributed by atoms with Gasteiger partial charge in [-0.3, -0.25) is 14.5 Å². The first-order chi connectivity index (χ1) is 14.6. The molecular weight excluding hydrogens is 374 g/mol. The zero-order chi connectivity index (χ0) is 21.1. The highest BCUT2D eigenvalue weighted by Gasteiger charge is 2.36. The molecule has 1 saturated heterocycles. The molecule has 3 heterocycles. The van der Waals surface area contributed by atoms with Gasteiger partial charge in [0.2, 0.25) is 0 Å². The second-order valence-corrected chi connectivity index (χ2v) is 8.19. The van der Waals surface area contributed by atoms with Gasteiger partial charge in [-0.2, -0.15) is 0 Å². The normalized spacial score (nSPS) is 18.3. The number of rotatable bonds is 8. The molecule has 1 atom stereocenters. The Morgan fingerprint density at radius 2 is 1.90 bits per heavy atom. The second-order valence-electron chi connectivity index (χ2n) is 8.19. The number of likely N-dealkylation sites (tertiary alicyclic amines) is 1. The van der Waals surface area contributed by atoms with Crippen molar-refractivity contribution in [2.45, 2.75) is 32.0 Å². The van der Waals surface area contributed by atoms with Crippen LogP contribution in [0, 0.1) is 5.92 Å². The fourth-order valence-electron chi connectivity index (χ4n) is 4.79. The summed E-state index contributed by atoms with van der Waals surface area (Å²) in [5.74, 6) is 0.624. The number of ketones is 1. The summed E-state index contributed by atoms with van der Waals surface area (Å²) in [6.45, 7) is 11.2. The molecular formula is C25H29N3O2. The average molecular weight is 404 g/mol. The van der Waals surface area contributed by atoms with Crippen LogP contribution in [0.3, 0.4) is 0 Å². The molecule has 0 aliphatic carbocycles. The van der Waals surface area contributed by atoms with Crippen molar-refractivity contribution >= 4 is 11.7 Å². The van der Waals surface area contributed by atoms with Crippen molar-refractivity contribution in [2.24, 2.45) is 5.92 Å². The molecule has 2 aliphatic rings. The Morgan fingerprint density at radius 1 is 1.13 bits per heavy atom. The van der Waals surface area contributed by atoms with E-state index in [1.165, 1.54) is 0 Å². The first kappa shape index (κ1) is 20.4. The van der Waals surface area contributed by atoms with Crippen molar-refractivity contribution in [2.75, 3.05) is 19.6 Å². The lowest BCUT2D eigenvalue weighted by Crippen LogP contribution is -2.45. The van der Waals surface area contributed by atoms with Crippen molar-refractivity contribution in [3.8, 4) is 0 Å². The van der Waals surface area contributed by atoms with E-state index in [1.807, 2.05) is 58.1 Å². The van der Waals surface area contributed by atoms with Crippen LogP contribution in [0.2, 0.25) is 0 Å². The molecule has 4 rings (SSSR count). The molecule has 1 amide bonds. The molecule has 0 N–H and O–H groups in total. The van der Waals surface area contributed by atoms with Crippen LogP contribution in [0.4, 0.5) is 0 Å². The molecule has 2 aliphatic heterocycles. The molecule has 0 saturated carbocycles. The number of carbonyl (C=O) groups excluding carboxylic acids is 2. The van der Waals surface area contributed by atoms with Gasteiger partial charge in [-0.15, -0.1) is 13.2 Å². The third kappa shape index (κ3) is 3.90. The summed E-state index contributed by atoms with van der Waals surface area (Å²) in [6.07, 6.45) is 7.56. The van der Waals surface area contributed by atoms with Crippen molar-refractivity contribution in [1.29, 1.82) is 0 Å². The van der Waals surface area contributed by atoms with Crippen LogP contribution in [-0.4, -0.2) is 51.7 Å². The lowest BCUT2D eigenvalue weighted by atomic mass is 9.88. The summed E-state index contributed by atoms with van der Waals surface area (Å²) < 4.78 is 1.94. The Morgan fingerprint density at radius 3 is 2.60 bits per heavy atom. The Balaban J connectivity index is 1.35. The molecule has 5 nitrogen and oxygen atoms in total. The van der Waals surface area contributed by atoms with E-state index in [2.05, 4.69) is 18.1 Å². The first-order valence-corrected chi connectivity index (χ1v) is 10.7. The van der Waals surface area contributed by atoms with Crippen LogP contribution in [0.1, 0.15) is 39.3 Å². The highest BCUT2D eigenvalue weighted by Crippen LogP contribution is 2.31. The van der Waals surface area contributed by atoms with Crippen LogP contribution in [0.25, 0.3) is 0 Å². The monoisotopic (exact) mass is 403 g/mol. The van der Waals surface area contributed by atoms with Gasteiger partial charge in [0.15, 0.2) is 5.78 Å². The molecule has 0 bridgehead atoms. The molecule has 30 heavy (non-hydrogen) atoms. The number of benzene rings is 1. The lowest BCUT2D eigenvalue weighted by molar-refractivity contribution is 0.0614. The van der Waals surface area contributed by atoms with E-state index in [1.54, 1.807) is 6.08 Å². The molecule has 1 aromatic carbocycles. The third-order valence-corrected chi connectivity index (χ3v) is 6.37. The van der Waals surface area contributed by atoms with E-state index in [0.29, 0.717) is 25.6 Å². The van der Waals surface area contributed by atoms with Crippen molar-refractivity contribution in [3.05, 3.63) is 84.7 Å². The van der Waals surface area contributed by atoms with E-state index in [-0.39, 0.29) is 17.7 Å². The van der Waals surface area contributed by atoms with Gasteiger partial charge >= 0.3 is 0 Å². The number of amides is 1. The smallest absolute Gasteiger partial charge is 0.255 e. The second kappa shape index (κ2) is 8.84. The standard InChI is InChI=1S/C25H29N3O2/c1-3-13-27-14-7-10-23(27)24(29)18-26-15-11-19(12-16-26)22(4-2)28-17-20-8-5-6-9-21(20)25(28)30/h3-10,14,19,22H,1-2,11-13,15-18H2. The van der Waals surface area contributed by atoms with Crippen LogP contribution < -0.4 is 0 Å². The third-order valence-electron chi connectivity index (χ3n) is 6.37. The largest absolute Gasteiger partial charge is 0.341 e. The topological polar surface area (TPSA) is 45.6 Å². The van der Waals surface area contributed by atoms with E-state index >= 15 is 0 Å². The van der Waals surface area contributed by atoms with Gasteiger partial charge in [-0.25, -0.2) is 0 Å². The van der Waals surface area contributed by atoms with Gasteiger partial charge in [-0.05, 0) is 55.6 Å². The van der Waals surface area contributed by atoms with Gasteiger partial charge in [0, 0.05) is 24.8 Å². The summed E-state index contributed by atoms with van der Waals surface area (Å²) in [6, 6.07) is 11.7. The van der Waals surface area contributed by atoms with E-state index in [0.717, 1.165) is 42.8 Å². The zero-order valence-corrected chi connectivity index (χ0v) is 17.4.